The lowest BCUT2D eigenvalue weighted by atomic mass is 10.3. The first-order chi connectivity index (χ1) is 5.52. The van der Waals surface area contributed by atoms with Crippen molar-refractivity contribution in [1.82, 2.24) is 4.90 Å². The van der Waals surface area contributed by atoms with E-state index in [0.29, 0.717) is 6.42 Å². The molecule has 0 N–H and O–H groups in total. The minimum Gasteiger partial charge on any atom is -0.285 e. The molecule has 0 radical (unpaired) electrons. The molecule has 0 aliphatic carbocycles. The highest BCUT2D eigenvalue weighted by Gasteiger charge is 2.37. The fourth-order valence-corrected chi connectivity index (χ4v) is 3.44. The summed E-state index contributed by atoms with van der Waals surface area (Å²) in [7, 11) is 4.13. The first-order valence-electron chi connectivity index (χ1n) is 3.38. The summed E-state index contributed by atoms with van der Waals surface area (Å²) < 4.78 is 0.288. The highest BCUT2D eigenvalue weighted by Crippen LogP contribution is 2.30. The zero-order valence-corrected chi connectivity index (χ0v) is 10.6. The third kappa shape index (κ3) is 2.36. The van der Waals surface area contributed by atoms with Gasteiger partial charge in [0, 0.05) is 13.5 Å². The summed E-state index contributed by atoms with van der Waals surface area (Å²) >= 11 is 3.72. The third-order valence-electron chi connectivity index (χ3n) is 1.63. The van der Waals surface area contributed by atoms with Crippen LogP contribution in [0.4, 0.5) is 0 Å². The van der Waals surface area contributed by atoms with Crippen LogP contribution in [-0.2, 0) is 9.59 Å². The molecule has 0 saturated carbocycles. The average molecular weight is 315 g/mol. The number of hydrogen-bond acceptors (Lipinski definition) is 3. The number of hydrogen-bond donors (Lipinski definition) is 0. The molecule has 1 rings (SSSR count). The second-order valence-corrected chi connectivity index (χ2v) is 8.51. The maximum Gasteiger partial charge on any atom is 0.303 e. The Bertz CT molecular complexity index is 227. The van der Waals surface area contributed by atoms with Crippen LogP contribution in [0.5, 0.6) is 0 Å². The number of nitrogens with zero attached hydrogens (tertiary/aromatic N) is 1. The molecule has 3 nitrogen and oxygen atoms in total. The van der Waals surface area contributed by atoms with Gasteiger partial charge in [-0.15, -0.1) is 31.5 Å². The van der Waals surface area contributed by atoms with E-state index in [0.717, 1.165) is 0 Å². The summed E-state index contributed by atoms with van der Waals surface area (Å²) in [6.45, 7) is 0. The van der Waals surface area contributed by atoms with Crippen molar-refractivity contribution in [3.05, 3.63) is 0 Å². The van der Waals surface area contributed by atoms with Crippen molar-refractivity contribution < 1.29 is 9.59 Å². The van der Waals surface area contributed by atoms with Gasteiger partial charge in [-0.3, -0.25) is 14.5 Å². The van der Waals surface area contributed by atoms with Crippen LogP contribution in [-0.4, -0.2) is 32.6 Å². The van der Waals surface area contributed by atoms with E-state index in [-0.39, 0.29) is 20.6 Å². The van der Waals surface area contributed by atoms with Crippen LogP contribution in [0.15, 0.2) is 0 Å². The van der Waals surface area contributed by atoms with Crippen LogP contribution < -0.4 is 0 Å². The lowest BCUT2D eigenvalue weighted by Crippen LogP contribution is -2.27. The summed E-state index contributed by atoms with van der Waals surface area (Å²) in [4.78, 5) is 23.6. The van der Waals surface area contributed by atoms with Gasteiger partial charge in [-0.1, -0.05) is 0 Å². The van der Waals surface area contributed by atoms with Gasteiger partial charge in [0.05, 0.1) is 5.25 Å². The topological polar surface area (TPSA) is 37.4 Å². The molecule has 0 aromatic rings. The predicted octanol–water partition coefficient (Wildman–Crippen LogP) is 0.772. The summed E-state index contributed by atoms with van der Waals surface area (Å²) in [6.07, 6.45) is 0.355. The molecule has 1 aliphatic heterocycles. The minimum absolute atomic E-state index is 0.0610. The molecule has 2 amide bonds. The lowest BCUT2D eigenvalue weighted by Gasteiger charge is -2.08. The molecule has 1 saturated heterocycles. The number of amides is 2. The van der Waals surface area contributed by atoms with E-state index in [4.69, 9.17) is 0 Å². The first kappa shape index (κ1) is 10.8. The molecular formula is C5H8BINO2PS. The van der Waals surface area contributed by atoms with Gasteiger partial charge in [0.2, 0.25) is 11.8 Å². The quantitative estimate of drug-likeness (QED) is 0.327. The SMILES string of the molecule is CN1C(=O)CC(SB(P)I)C1=O. The molecule has 0 aromatic heterocycles. The van der Waals surface area contributed by atoms with Gasteiger partial charge in [0.15, 0.2) is 0 Å². The molecule has 7 heteroatoms. The zero-order valence-electron chi connectivity index (χ0n) is 6.49. The van der Waals surface area contributed by atoms with Gasteiger partial charge >= 0.3 is 3.57 Å². The Morgan fingerprint density at radius 3 is 2.67 bits per heavy atom. The summed E-state index contributed by atoms with van der Waals surface area (Å²) in [5, 5.41) is -0.165. The van der Waals surface area contributed by atoms with E-state index in [2.05, 4.69) is 31.5 Å². The zero-order chi connectivity index (χ0) is 9.30. The average Bonchev–Trinajstić information content (AvgIpc) is 2.17. The summed E-state index contributed by atoms with van der Waals surface area (Å²) in [6, 6.07) is 0. The molecule has 2 atom stereocenters. The van der Waals surface area contributed by atoms with E-state index in [9.17, 15) is 9.59 Å². The van der Waals surface area contributed by atoms with Crippen molar-refractivity contribution in [3.8, 4) is 0 Å². The summed E-state index contributed by atoms with van der Waals surface area (Å²) in [5.74, 6) is -0.131. The Morgan fingerprint density at radius 2 is 2.33 bits per heavy atom. The second-order valence-electron chi connectivity index (χ2n) is 2.47. The van der Waals surface area contributed by atoms with Crippen LogP contribution in [0.2, 0.25) is 0 Å². The number of likely N-dealkylation sites (tertiary alicyclic amines) is 1. The first-order valence-corrected chi connectivity index (χ1v) is 6.23. The van der Waals surface area contributed by atoms with Gasteiger partial charge in [-0.25, -0.2) is 0 Å². The fraction of sp³-hybridized carbons (Fsp3) is 0.600. The van der Waals surface area contributed by atoms with Crippen molar-refractivity contribution >= 4 is 58.5 Å². The maximum atomic E-state index is 11.3. The standard InChI is InChI=1S/C5H8BINO2PS/c1-8-4(9)2-3(5(8)10)12-6(7)11/h3H,2,11H2,1H3. The van der Waals surface area contributed by atoms with Crippen molar-refractivity contribution in [3.63, 3.8) is 0 Å². The Labute approximate surface area is 91.4 Å². The molecule has 2 unspecified atom stereocenters. The van der Waals surface area contributed by atoms with Crippen molar-refractivity contribution in [2.24, 2.45) is 0 Å². The van der Waals surface area contributed by atoms with Crippen molar-refractivity contribution in [2.45, 2.75) is 11.7 Å². The van der Waals surface area contributed by atoms with Crippen LogP contribution in [0.25, 0.3) is 0 Å². The van der Waals surface area contributed by atoms with E-state index in [1.54, 1.807) is 0 Å². The van der Waals surface area contributed by atoms with E-state index >= 15 is 0 Å². The number of rotatable bonds is 2. The van der Waals surface area contributed by atoms with Crippen LogP contribution >= 0.6 is 43.1 Å². The molecule has 1 fully saturated rings. The number of imide groups is 1. The number of halogens is 1. The molecular weight excluding hydrogens is 307 g/mol. The van der Waals surface area contributed by atoms with Crippen molar-refractivity contribution in [2.75, 3.05) is 7.05 Å². The van der Waals surface area contributed by atoms with Gasteiger partial charge in [0.25, 0.3) is 0 Å². The minimum atomic E-state index is -0.165. The molecule has 1 heterocycles. The maximum absolute atomic E-state index is 11.3. The van der Waals surface area contributed by atoms with Crippen LogP contribution in [0.3, 0.4) is 0 Å². The van der Waals surface area contributed by atoms with E-state index in [1.165, 1.54) is 23.6 Å². The van der Waals surface area contributed by atoms with Gasteiger partial charge in [0.1, 0.15) is 0 Å². The Kier molecular flexibility index (Phi) is 3.85. The second kappa shape index (κ2) is 4.29. The summed E-state index contributed by atoms with van der Waals surface area (Å²) in [5.41, 5.74) is 0. The Balaban J connectivity index is 2.59. The number of carbonyl (C=O) groups is 2. The Morgan fingerprint density at radius 1 is 1.75 bits per heavy atom. The predicted molar refractivity (Wildman–Crippen MR) is 63.3 cm³/mol. The monoisotopic (exact) mass is 315 g/mol. The van der Waals surface area contributed by atoms with E-state index < -0.39 is 0 Å². The van der Waals surface area contributed by atoms with Crippen LogP contribution in [0, 0.1) is 0 Å². The number of carbonyl (C=O) groups excluding carboxylic acids is 2. The molecule has 12 heavy (non-hydrogen) atoms. The molecule has 0 aromatic carbocycles. The van der Waals surface area contributed by atoms with Crippen LogP contribution in [0.1, 0.15) is 6.42 Å². The third-order valence-corrected chi connectivity index (χ3v) is 3.94. The highest BCUT2D eigenvalue weighted by molar-refractivity contribution is 14.1. The van der Waals surface area contributed by atoms with Crippen molar-refractivity contribution in [1.29, 1.82) is 0 Å². The highest BCUT2D eigenvalue weighted by atomic mass is 127. The van der Waals surface area contributed by atoms with Gasteiger partial charge < -0.3 is 0 Å². The largest absolute Gasteiger partial charge is 0.303 e. The molecule has 0 bridgehead atoms. The normalized spacial score (nSPS) is 23.6. The van der Waals surface area contributed by atoms with E-state index in [1.807, 2.05) is 0 Å². The molecule has 1 aliphatic rings. The Hall–Kier alpha value is 0.715. The van der Waals surface area contributed by atoms with Gasteiger partial charge in [-0.2, -0.15) is 11.6 Å². The fourth-order valence-electron chi connectivity index (χ4n) is 0.985. The smallest absolute Gasteiger partial charge is 0.285 e. The molecule has 0 spiro atoms. The van der Waals surface area contributed by atoms with Gasteiger partial charge in [-0.05, 0) is 0 Å². The lowest BCUT2D eigenvalue weighted by molar-refractivity contribution is -0.136. The molecule has 66 valence electrons.